The molecule has 0 spiro atoms. The summed E-state index contributed by atoms with van der Waals surface area (Å²) in [5.74, 6) is 0.371. The number of hydrogen-bond acceptors (Lipinski definition) is 7. The van der Waals surface area contributed by atoms with Crippen molar-refractivity contribution in [1.29, 1.82) is 0 Å². The zero-order valence-corrected chi connectivity index (χ0v) is 19.7. The minimum Gasteiger partial charge on any atom is -0.378 e. The van der Waals surface area contributed by atoms with Crippen LogP contribution >= 0.6 is 24.0 Å². The van der Waals surface area contributed by atoms with Gasteiger partial charge in [0.1, 0.15) is 15.8 Å². The maximum absolute atomic E-state index is 13.5. The number of carbonyl (C=O) groups is 1. The van der Waals surface area contributed by atoms with E-state index >= 15 is 0 Å². The van der Waals surface area contributed by atoms with Crippen LogP contribution in [0.1, 0.15) is 16.7 Å². The molecule has 4 heterocycles. The van der Waals surface area contributed by atoms with Gasteiger partial charge in [0, 0.05) is 19.3 Å². The van der Waals surface area contributed by atoms with E-state index in [-0.39, 0.29) is 11.5 Å². The lowest BCUT2D eigenvalue weighted by atomic mass is 10.2. The molecule has 5 rings (SSSR count). The summed E-state index contributed by atoms with van der Waals surface area (Å²) in [7, 11) is 0. The quantitative estimate of drug-likeness (QED) is 0.421. The first-order chi connectivity index (χ1) is 16.0. The summed E-state index contributed by atoms with van der Waals surface area (Å²) in [6.07, 6.45) is 3.42. The van der Waals surface area contributed by atoms with Crippen LogP contribution in [0.5, 0.6) is 0 Å². The fraction of sp³-hybridized carbons (Fsp3) is 0.250. The van der Waals surface area contributed by atoms with Gasteiger partial charge in [0.25, 0.3) is 11.5 Å². The molecule has 0 radical (unpaired) electrons. The average molecular weight is 479 g/mol. The lowest BCUT2D eigenvalue weighted by Gasteiger charge is -2.29. The zero-order valence-electron chi connectivity index (χ0n) is 18.1. The second-order valence-electron chi connectivity index (χ2n) is 7.94. The van der Waals surface area contributed by atoms with Crippen LogP contribution in [0, 0.1) is 6.92 Å². The second-order valence-corrected chi connectivity index (χ2v) is 9.62. The van der Waals surface area contributed by atoms with E-state index in [1.165, 1.54) is 16.2 Å². The van der Waals surface area contributed by atoms with Crippen LogP contribution in [-0.4, -0.2) is 50.8 Å². The molecule has 1 amide bonds. The third-order valence-corrected chi connectivity index (χ3v) is 7.01. The number of fused-ring (bicyclic) bond motifs is 1. The van der Waals surface area contributed by atoms with Crippen molar-refractivity contribution in [3.05, 3.63) is 80.6 Å². The lowest BCUT2D eigenvalue weighted by molar-refractivity contribution is -0.122. The van der Waals surface area contributed by atoms with Gasteiger partial charge in [-0.1, -0.05) is 60.4 Å². The van der Waals surface area contributed by atoms with Crippen LogP contribution < -0.4 is 10.5 Å². The summed E-state index contributed by atoms with van der Waals surface area (Å²) in [4.78, 5) is 35.6. The molecule has 2 aliphatic rings. The molecule has 2 saturated heterocycles. The Labute approximate surface area is 200 Å². The molecule has 2 fully saturated rings. The van der Waals surface area contributed by atoms with Crippen molar-refractivity contribution in [3.63, 3.8) is 0 Å². The number of hydrogen-bond donors (Lipinski definition) is 0. The van der Waals surface area contributed by atoms with Gasteiger partial charge >= 0.3 is 0 Å². The fourth-order valence-electron chi connectivity index (χ4n) is 3.92. The molecular formula is C24H22N4O3S2. The molecule has 0 bridgehead atoms. The van der Waals surface area contributed by atoms with Crippen molar-refractivity contribution in [3.8, 4) is 0 Å². The lowest BCUT2D eigenvalue weighted by Crippen LogP contribution is -2.38. The predicted octanol–water partition coefficient (Wildman–Crippen LogP) is 3.24. The number of aryl methyl sites for hydroxylation is 1. The van der Waals surface area contributed by atoms with E-state index in [1.54, 1.807) is 17.2 Å². The van der Waals surface area contributed by atoms with Crippen molar-refractivity contribution in [2.45, 2.75) is 13.5 Å². The SMILES string of the molecule is Cc1ccc2nc(N3CCOCC3)c(/C=C3/SC(=S)N(Cc4ccccc4)C3=O)c(=O)n2c1. The highest BCUT2D eigenvalue weighted by atomic mass is 32.2. The number of thioether (sulfide) groups is 1. The Morgan fingerprint density at radius 1 is 1.12 bits per heavy atom. The highest BCUT2D eigenvalue weighted by Crippen LogP contribution is 2.34. The summed E-state index contributed by atoms with van der Waals surface area (Å²) in [6.45, 7) is 4.71. The Bertz CT molecular complexity index is 1330. The Morgan fingerprint density at radius 2 is 1.88 bits per heavy atom. The molecular weight excluding hydrogens is 456 g/mol. The molecule has 168 valence electrons. The third-order valence-electron chi connectivity index (χ3n) is 5.63. The maximum atomic E-state index is 13.5. The van der Waals surface area contributed by atoms with E-state index in [1.807, 2.05) is 54.3 Å². The van der Waals surface area contributed by atoms with Gasteiger partial charge in [-0.05, 0) is 30.2 Å². The number of ether oxygens (including phenoxy) is 1. The van der Waals surface area contributed by atoms with E-state index < -0.39 is 0 Å². The van der Waals surface area contributed by atoms with Gasteiger partial charge in [0.2, 0.25) is 0 Å². The van der Waals surface area contributed by atoms with Gasteiger partial charge in [-0.3, -0.25) is 18.9 Å². The van der Waals surface area contributed by atoms with E-state index in [2.05, 4.69) is 0 Å². The monoisotopic (exact) mass is 478 g/mol. The van der Waals surface area contributed by atoms with Gasteiger partial charge in [0.15, 0.2) is 0 Å². The topological polar surface area (TPSA) is 67.2 Å². The van der Waals surface area contributed by atoms with E-state index in [9.17, 15) is 9.59 Å². The number of nitrogens with zero attached hydrogens (tertiary/aromatic N) is 4. The molecule has 7 nitrogen and oxygen atoms in total. The molecule has 2 aromatic heterocycles. The molecule has 0 N–H and O–H groups in total. The summed E-state index contributed by atoms with van der Waals surface area (Å²) in [6, 6.07) is 13.5. The number of morpholine rings is 1. The normalized spacial score (nSPS) is 18.0. The number of thiocarbonyl (C=S) groups is 1. The minimum absolute atomic E-state index is 0.199. The Hall–Kier alpha value is -3.01. The largest absolute Gasteiger partial charge is 0.378 e. The molecule has 0 aliphatic carbocycles. The number of amides is 1. The van der Waals surface area contributed by atoms with Gasteiger partial charge in [-0.25, -0.2) is 4.98 Å². The molecule has 2 aliphatic heterocycles. The maximum Gasteiger partial charge on any atom is 0.267 e. The van der Waals surface area contributed by atoms with Crippen LogP contribution in [0.25, 0.3) is 11.7 Å². The number of benzene rings is 1. The van der Waals surface area contributed by atoms with Gasteiger partial charge in [-0.2, -0.15) is 0 Å². The summed E-state index contributed by atoms with van der Waals surface area (Å²) >= 11 is 6.71. The van der Waals surface area contributed by atoms with E-state index in [4.69, 9.17) is 21.9 Å². The molecule has 1 aromatic carbocycles. The van der Waals surface area contributed by atoms with Crippen LogP contribution in [0.15, 0.2) is 58.4 Å². The standard InChI is InChI=1S/C24H22N4O3S2/c1-16-7-8-20-25-21(26-9-11-31-12-10-26)18(22(29)27(20)14-16)13-19-23(30)28(24(32)33-19)15-17-5-3-2-4-6-17/h2-8,13-14H,9-12,15H2,1H3/b19-13+. The number of aromatic nitrogens is 2. The Kier molecular flexibility index (Phi) is 6.01. The third kappa shape index (κ3) is 4.31. The van der Waals surface area contributed by atoms with E-state index in [0.717, 1.165) is 11.1 Å². The number of pyridine rings is 1. The minimum atomic E-state index is -0.210. The number of rotatable bonds is 4. The van der Waals surface area contributed by atoms with Crippen LogP contribution in [0.3, 0.4) is 0 Å². The van der Waals surface area contributed by atoms with Gasteiger partial charge in [0.05, 0.1) is 30.2 Å². The van der Waals surface area contributed by atoms with Crippen molar-refractivity contribution in [2.75, 3.05) is 31.2 Å². The van der Waals surface area contributed by atoms with Crippen molar-refractivity contribution in [1.82, 2.24) is 14.3 Å². The summed E-state index contributed by atoms with van der Waals surface area (Å²) < 4.78 is 7.50. The first-order valence-corrected chi connectivity index (χ1v) is 11.9. The first-order valence-electron chi connectivity index (χ1n) is 10.7. The molecule has 3 aromatic rings. The summed E-state index contributed by atoms with van der Waals surface area (Å²) in [5, 5.41) is 0. The summed E-state index contributed by atoms with van der Waals surface area (Å²) in [5.41, 5.74) is 2.69. The average Bonchev–Trinajstić information content (AvgIpc) is 3.09. The fourth-order valence-corrected chi connectivity index (χ4v) is 5.16. The van der Waals surface area contributed by atoms with Crippen molar-refractivity contribution >= 4 is 51.7 Å². The highest BCUT2D eigenvalue weighted by Gasteiger charge is 2.33. The van der Waals surface area contributed by atoms with E-state index in [0.29, 0.717) is 59.1 Å². The molecule has 0 atom stereocenters. The Balaban J connectivity index is 1.58. The van der Waals surface area contributed by atoms with Gasteiger partial charge < -0.3 is 9.64 Å². The smallest absolute Gasteiger partial charge is 0.267 e. The number of carbonyl (C=O) groups excluding carboxylic acids is 1. The molecule has 0 unspecified atom stereocenters. The molecule has 0 saturated carbocycles. The zero-order chi connectivity index (χ0) is 22.9. The van der Waals surface area contributed by atoms with Crippen LogP contribution in [0.4, 0.5) is 5.82 Å². The Morgan fingerprint density at radius 3 is 2.64 bits per heavy atom. The first kappa shape index (κ1) is 21.8. The number of anilines is 1. The van der Waals surface area contributed by atoms with Crippen LogP contribution in [-0.2, 0) is 16.1 Å². The van der Waals surface area contributed by atoms with Crippen molar-refractivity contribution in [2.24, 2.45) is 0 Å². The highest BCUT2D eigenvalue weighted by molar-refractivity contribution is 8.26. The molecule has 9 heteroatoms. The molecule has 33 heavy (non-hydrogen) atoms. The van der Waals surface area contributed by atoms with Crippen molar-refractivity contribution < 1.29 is 9.53 Å². The predicted molar refractivity (Wildman–Crippen MR) is 134 cm³/mol. The van der Waals surface area contributed by atoms with Gasteiger partial charge in [-0.15, -0.1) is 0 Å². The van der Waals surface area contributed by atoms with Crippen LogP contribution in [0.2, 0.25) is 0 Å². The second kappa shape index (κ2) is 9.09.